The van der Waals surface area contributed by atoms with Crippen LogP contribution in [0.25, 0.3) is 6.08 Å². The molecule has 25 heavy (non-hydrogen) atoms. The van der Waals surface area contributed by atoms with Crippen molar-refractivity contribution in [3.63, 3.8) is 0 Å². The zero-order chi connectivity index (χ0) is 18.8. The van der Waals surface area contributed by atoms with Gasteiger partial charge in [0, 0.05) is 6.08 Å². The molecule has 1 aromatic rings. The van der Waals surface area contributed by atoms with Crippen molar-refractivity contribution >= 4 is 24.0 Å². The van der Waals surface area contributed by atoms with Gasteiger partial charge in [-0.1, -0.05) is 6.07 Å². The quantitative estimate of drug-likeness (QED) is 0.592. The molecule has 0 unspecified atom stereocenters. The Morgan fingerprint density at radius 1 is 1.20 bits per heavy atom. The number of carbonyl (C=O) groups is 3. The minimum Gasteiger partial charge on any atom is -0.493 e. The first kappa shape index (κ1) is 20.0. The maximum Gasteiger partial charge on any atom is 0.413 e. The van der Waals surface area contributed by atoms with E-state index in [1.807, 2.05) is 12.2 Å². The zero-order valence-corrected chi connectivity index (χ0v) is 14.5. The molecule has 0 heterocycles. The van der Waals surface area contributed by atoms with Gasteiger partial charge in [0.05, 0.1) is 20.8 Å². The Hall–Kier alpha value is -3.03. The molecule has 0 saturated heterocycles. The van der Waals surface area contributed by atoms with Gasteiger partial charge in [-0.2, -0.15) is 0 Å². The van der Waals surface area contributed by atoms with Crippen LogP contribution in [0.3, 0.4) is 0 Å². The van der Waals surface area contributed by atoms with Crippen molar-refractivity contribution in [2.75, 3.05) is 20.8 Å². The number of methoxy groups -OCH3 is 2. The molecule has 0 saturated carbocycles. The molecule has 0 bridgehead atoms. The van der Waals surface area contributed by atoms with Gasteiger partial charge in [-0.05, 0) is 37.6 Å². The highest BCUT2D eigenvalue weighted by molar-refractivity contribution is 5.96. The molecular weight excluding hydrogens is 330 g/mol. The van der Waals surface area contributed by atoms with Gasteiger partial charge in [-0.3, -0.25) is 10.1 Å². The van der Waals surface area contributed by atoms with Crippen LogP contribution in [-0.4, -0.2) is 44.9 Å². The Bertz CT molecular complexity index is 654. The van der Waals surface area contributed by atoms with E-state index in [0.717, 1.165) is 7.11 Å². The number of alkyl carbamates (subject to hydrolysis) is 1. The minimum atomic E-state index is -1.15. The van der Waals surface area contributed by atoms with Gasteiger partial charge in [-0.25, -0.2) is 9.59 Å². The van der Waals surface area contributed by atoms with Gasteiger partial charge in [0.1, 0.15) is 0 Å². The van der Waals surface area contributed by atoms with Crippen LogP contribution in [-0.2, 0) is 19.1 Å². The Labute approximate surface area is 145 Å². The molecule has 1 atom stereocenters. The van der Waals surface area contributed by atoms with Crippen LogP contribution >= 0.6 is 0 Å². The third-order valence-corrected chi connectivity index (χ3v) is 2.97. The van der Waals surface area contributed by atoms with Crippen LogP contribution in [0.4, 0.5) is 4.79 Å². The first-order valence-electron chi connectivity index (χ1n) is 7.49. The SMILES string of the molecule is CCOc1cc(/C=C/C(=O)O[C@@H](C)C(=O)NC(=O)OC)ccc1OC. The Morgan fingerprint density at radius 3 is 2.52 bits per heavy atom. The van der Waals surface area contributed by atoms with E-state index < -0.39 is 24.1 Å². The van der Waals surface area contributed by atoms with Crippen molar-refractivity contribution in [1.29, 1.82) is 0 Å². The first-order valence-corrected chi connectivity index (χ1v) is 7.49. The fourth-order valence-corrected chi connectivity index (χ4v) is 1.75. The Kier molecular flexibility index (Phi) is 7.98. The number of nitrogens with one attached hydrogen (secondary N) is 1. The number of ether oxygens (including phenoxy) is 4. The molecule has 136 valence electrons. The number of imide groups is 1. The van der Waals surface area contributed by atoms with Gasteiger partial charge in [-0.15, -0.1) is 0 Å². The smallest absolute Gasteiger partial charge is 0.413 e. The maximum atomic E-state index is 11.8. The summed E-state index contributed by atoms with van der Waals surface area (Å²) in [6.07, 6.45) is 0.602. The third-order valence-electron chi connectivity index (χ3n) is 2.97. The topological polar surface area (TPSA) is 100 Å². The summed E-state index contributed by atoms with van der Waals surface area (Å²) in [6, 6.07) is 5.15. The normalized spacial score (nSPS) is 11.5. The average Bonchev–Trinajstić information content (AvgIpc) is 2.60. The number of carbonyl (C=O) groups excluding carboxylic acids is 3. The van der Waals surface area contributed by atoms with Gasteiger partial charge >= 0.3 is 12.1 Å². The number of rotatable bonds is 7. The number of esters is 1. The van der Waals surface area contributed by atoms with E-state index in [1.165, 1.54) is 26.2 Å². The monoisotopic (exact) mass is 351 g/mol. The highest BCUT2D eigenvalue weighted by Gasteiger charge is 2.19. The van der Waals surface area contributed by atoms with E-state index in [0.29, 0.717) is 23.7 Å². The molecule has 8 heteroatoms. The third kappa shape index (κ3) is 6.54. The summed E-state index contributed by atoms with van der Waals surface area (Å²) in [6.45, 7) is 3.66. The molecule has 0 aromatic heterocycles. The lowest BCUT2D eigenvalue weighted by Gasteiger charge is -2.11. The van der Waals surface area contributed by atoms with E-state index in [9.17, 15) is 14.4 Å². The minimum absolute atomic E-state index is 0.471. The lowest BCUT2D eigenvalue weighted by molar-refractivity contribution is -0.149. The Balaban J connectivity index is 2.68. The second kappa shape index (κ2) is 9.96. The molecule has 0 aliphatic carbocycles. The van der Waals surface area contributed by atoms with Crippen LogP contribution < -0.4 is 14.8 Å². The molecule has 0 radical (unpaired) electrons. The summed E-state index contributed by atoms with van der Waals surface area (Å²) in [5, 5.41) is 1.91. The molecular formula is C17H21NO7. The van der Waals surface area contributed by atoms with E-state index >= 15 is 0 Å². The van der Waals surface area contributed by atoms with Crippen molar-refractivity contribution in [3.05, 3.63) is 29.8 Å². The highest BCUT2D eigenvalue weighted by Crippen LogP contribution is 2.28. The van der Waals surface area contributed by atoms with Crippen LogP contribution in [0.1, 0.15) is 19.4 Å². The van der Waals surface area contributed by atoms with Crippen molar-refractivity contribution in [2.45, 2.75) is 20.0 Å². The maximum absolute atomic E-state index is 11.8. The fraction of sp³-hybridized carbons (Fsp3) is 0.353. The largest absolute Gasteiger partial charge is 0.493 e. The summed E-state index contributed by atoms with van der Waals surface area (Å²) >= 11 is 0. The number of hydrogen-bond donors (Lipinski definition) is 1. The summed E-state index contributed by atoms with van der Waals surface area (Å²) in [7, 11) is 2.65. The number of benzene rings is 1. The summed E-state index contributed by atoms with van der Waals surface area (Å²) < 4.78 is 19.8. The van der Waals surface area contributed by atoms with Gasteiger partial charge in [0.2, 0.25) is 0 Å². The fourth-order valence-electron chi connectivity index (χ4n) is 1.75. The van der Waals surface area contributed by atoms with Crippen molar-refractivity contribution < 1.29 is 33.3 Å². The van der Waals surface area contributed by atoms with Crippen LogP contribution in [0.2, 0.25) is 0 Å². The first-order chi connectivity index (χ1) is 11.9. The zero-order valence-electron chi connectivity index (χ0n) is 14.5. The molecule has 1 aromatic carbocycles. The van der Waals surface area contributed by atoms with Gasteiger partial charge in [0.15, 0.2) is 17.6 Å². The van der Waals surface area contributed by atoms with E-state index in [4.69, 9.17) is 14.2 Å². The molecule has 0 fully saturated rings. The molecule has 1 N–H and O–H groups in total. The standard InChI is InChI=1S/C17H21NO7/c1-5-24-14-10-12(6-8-13(14)22-3)7-9-15(19)25-11(2)16(20)18-17(21)23-4/h6-11H,5H2,1-4H3,(H,18,20,21)/b9-7+/t11-/m0/s1. The number of amides is 2. The van der Waals surface area contributed by atoms with E-state index in [1.54, 1.807) is 18.2 Å². The molecule has 0 spiro atoms. The second-order valence-electron chi connectivity index (χ2n) is 4.74. The Morgan fingerprint density at radius 2 is 1.92 bits per heavy atom. The van der Waals surface area contributed by atoms with Gasteiger partial charge in [0.25, 0.3) is 5.91 Å². The second-order valence-corrected chi connectivity index (χ2v) is 4.74. The lowest BCUT2D eigenvalue weighted by atomic mass is 10.2. The van der Waals surface area contributed by atoms with Gasteiger partial charge < -0.3 is 18.9 Å². The summed E-state index contributed by atoms with van der Waals surface area (Å²) in [5.74, 6) is -0.390. The van der Waals surface area contributed by atoms with Crippen molar-refractivity contribution in [3.8, 4) is 11.5 Å². The van der Waals surface area contributed by atoms with Crippen LogP contribution in [0, 0.1) is 0 Å². The summed E-state index contributed by atoms with van der Waals surface area (Å²) in [5.41, 5.74) is 0.688. The van der Waals surface area contributed by atoms with Crippen LogP contribution in [0.15, 0.2) is 24.3 Å². The average molecular weight is 351 g/mol. The van der Waals surface area contributed by atoms with E-state index in [2.05, 4.69) is 4.74 Å². The molecule has 1 rings (SSSR count). The van der Waals surface area contributed by atoms with E-state index in [-0.39, 0.29) is 0 Å². The highest BCUT2D eigenvalue weighted by atomic mass is 16.6. The van der Waals surface area contributed by atoms with Crippen LogP contribution in [0.5, 0.6) is 11.5 Å². The van der Waals surface area contributed by atoms with Crippen molar-refractivity contribution in [1.82, 2.24) is 5.32 Å². The number of hydrogen-bond acceptors (Lipinski definition) is 7. The lowest BCUT2D eigenvalue weighted by Crippen LogP contribution is -2.39. The summed E-state index contributed by atoms with van der Waals surface area (Å²) in [4.78, 5) is 34.3. The molecule has 2 amide bonds. The predicted molar refractivity (Wildman–Crippen MR) is 89.3 cm³/mol. The predicted octanol–water partition coefficient (Wildman–Crippen LogP) is 1.92. The van der Waals surface area contributed by atoms with Crippen molar-refractivity contribution in [2.24, 2.45) is 0 Å². The molecule has 0 aliphatic rings. The molecule has 8 nitrogen and oxygen atoms in total. The molecule has 0 aliphatic heterocycles.